The van der Waals surface area contributed by atoms with Crippen LogP contribution in [-0.4, -0.2) is 42.8 Å². The first kappa shape index (κ1) is 22.1. The van der Waals surface area contributed by atoms with Crippen LogP contribution in [-0.2, 0) is 13.0 Å². The third-order valence-corrected chi connectivity index (χ3v) is 5.23. The van der Waals surface area contributed by atoms with Crippen LogP contribution in [0.3, 0.4) is 0 Å². The second kappa shape index (κ2) is 7.47. The molecule has 1 aromatic carbocycles. The molecule has 0 bridgehead atoms. The van der Waals surface area contributed by atoms with Gasteiger partial charge in [0.05, 0.1) is 16.8 Å². The van der Waals surface area contributed by atoms with E-state index in [-0.39, 0.29) is 22.5 Å². The Morgan fingerprint density at radius 1 is 1.22 bits per heavy atom. The van der Waals surface area contributed by atoms with E-state index in [1.807, 2.05) is 0 Å². The molecule has 3 aromatic rings. The van der Waals surface area contributed by atoms with E-state index < -0.39 is 29.4 Å². The normalized spacial score (nSPS) is 14.6. The fourth-order valence-corrected chi connectivity index (χ4v) is 3.27. The van der Waals surface area contributed by atoms with Gasteiger partial charge in [-0.25, -0.2) is 9.36 Å². The van der Waals surface area contributed by atoms with Crippen LogP contribution in [0.1, 0.15) is 28.9 Å². The van der Waals surface area contributed by atoms with Crippen molar-refractivity contribution in [3.63, 3.8) is 0 Å². The Morgan fingerprint density at radius 2 is 1.91 bits per heavy atom. The van der Waals surface area contributed by atoms with Crippen LogP contribution < -0.4 is 5.32 Å². The number of amides is 1. The standard InChI is InChI=1S/C19H15ClF5N5O2/c1-29-17(14(31)15(28-29)18(21,22)19(23,24)25)30-8-10(7-26-30)9-2-5-13(20)12(6-9)16(32)27-11-3-4-11/h2,5-8,11,31H,3-4H2,1H3,(H,27,32). The lowest BCUT2D eigenvalue weighted by Crippen LogP contribution is -2.34. The van der Waals surface area contributed by atoms with Gasteiger partial charge in [0.15, 0.2) is 17.3 Å². The van der Waals surface area contributed by atoms with Crippen molar-refractivity contribution in [2.45, 2.75) is 31.0 Å². The summed E-state index contributed by atoms with van der Waals surface area (Å²) in [5.74, 6) is -7.56. The summed E-state index contributed by atoms with van der Waals surface area (Å²) in [5, 5.41) is 20.2. The van der Waals surface area contributed by atoms with Crippen LogP contribution >= 0.6 is 11.6 Å². The minimum Gasteiger partial charge on any atom is -0.503 e. The lowest BCUT2D eigenvalue weighted by Gasteiger charge is -2.17. The molecule has 1 amide bonds. The van der Waals surface area contributed by atoms with Gasteiger partial charge in [-0.1, -0.05) is 17.7 Å². The van der Waals surface area contributed by atoms with E-state index in [0.29, 0.717) is 15.8 Å². The van der Waals surface area contributed by atoms with Crippen LogP contribution in [0.2, 0.25) is 5.02 Å². The first-order valence-corrected chi connectivity index (χ1v) is 9.64. The zero-order valence-electron chi connectivity index (χ0n) is 16.3. The van der Waals surface area contributed by atoms with Crippen molar-refractivity contribution in [3.05, 3.63) is 46.9 Å². The minimum atomic E-state index is -5.94. The summed E-state index contributed by atoms with van der Waals surface area (Å²) in [6.45, 7) is 0. The topological polar surface area (TPSA) is 85.0 Å². The first-order valence-electron chi connectivity index (χ1n) is 9.27. The molecular weight excluding hydrogens is 461 g/mol. The fourth-order valence-electron chi connectivity index (χ4n) is 3.06. The quantitative estimate of drug-likeness (QED) is 0.542. The summed E-state index contributed by atoms with van der Waals surface area (Å²) in [5.41, 5.74) is -0.722. The highest BCUT2D eigenvalue weighted by Crippen LogP contribution is 2.47. The van der Waals surface area contributed by atoms with E-state index >= 15 is 0 Å². The number of aromatic hydroxyl groups is 1. The van der Waals surface area contributed by atoms with E-state index in [1.54, 1.807) is 6.07 Å². The molecule has 32 heavy (non-hydrogen) atoms. The largest absolute Gasteiger partial charge is 0.503 e. The highest BCUT2D eigenvalue weighted by molar-refractivity contribution is 6.34. The Morgan fingerprint density at radius 3 is 2.53 bits per heavy atom. The molecule has 7 nitrogen and oxygen atoms in total. The predicted octanol–water partition coefficient (Wildman–Crippen LogP) is 4.18. The lowest BCUT2D eigenvalue weighted by molar-refractivity contribution is -0.291. The highest BCUT2D eigenvalue weighted by Gasteiger charge is 2.62. The molecule has 1 aliphatic carbocycles. The molecule has 4 rings (SSSR count). The van der Waals surface area contributed by atoms with Crippen LogP contribution in [0.15, 0.2) is 30.6 Å². The SMILES string of the molecule is Cn1nc(C(F)(F)C(F)(F)F)c(O)c1-n1cc(-c2ccc(Cl)c(C(=O)NC3CC3)c2)cn1. The molecule has 1 aliphatic rings. The number of halogens is 6. The number of carbonyl (C=O) groups is 1. The lowest BCUT2D eigenvalue weighted by atomic mass is 10.1. The van der Waals surface area contributed by atoms with E-state index in [1.165, 1.54) is 24.5 Å². The number of aromatic nitrogens is 4. The van der Waals surface area contributed by atoms with E-state index in [0.717, 1.165) is 24.6 Å². The highest BCUT2D eigenvalue weighted by atomic mass is 35.5. The average molecular weight is 476 g/mol. The maximum absolute atomic E-state index is 13.7. The molecule has 0 spiro atoms. The number of hydrogen-bond donors (Lipinski definition) is 2. The Kier molecular flexibility index (Phi) is 5.15. The molecule has 13 heteroatoms. The van der Waals surface area contributed by atoms with E-state index in [2.05, 4.69) is 15.5 Å². The molecule has 0 saturated heterocycles. The third kappa shape index (κ3) is 3.78. The van der Waals surface area contributed by atoms with Gasteiger partial charge in [0, 0.05) is 24.8 Å². The Labute approximate surface area is 182 Å². The molecule has 1 fully saturated rings. The van der Waals surface area contributed by atoms with Crippen LogP contribution in [0.4, 0.5) is 22.0 Å². The molecular formula is C19H15ClF5N5O2. The molecule has 0 atom stereocenters. The first-order chi connectivity index (χ1) is 14.9. The number of nitrogens with one attached hydrogen (secondary N) is 1. The fraction of sp³-hybridized carbons (Fsp3) is 0.316. The summed E-state index contributed by atoms with van der Waals surface area (Å²) >= 11 is 6.12. The smallest absolute Gasteiger partial charge is 0.459 e. The summed E-state index contributed by atoms with van der Waals surface area (Å²) in [7, 11) is 1.09. The summed E-state index contributed by atoms with van der Waals surface area (Å²) in [4.78, 5) is 12.4. The molecule has 2 aromatic heterocycles. The monoisotopic (exact) mass is 475 g/mol. The van der Waals surface area contributed by atoms with Gasteiger partial charge in [0.1, 0.15) is 0 Å². The van der Waals surface area contributed by atoms with Gasteiger partial charge in [-0.3, -0.25) is 4.79 Å². The van der Waals surface area contributed by atoms with Gasteiger partial charge in [-0.05, 0) is 30.5 Å². The number of nitrogens with zero attached hydrogens (tertiary/aromatic N) is 4. The van der Waals surface area contributed by atoms with Gasteiger partial charge in [0.25, 0.3) is 5.91 Å². The van der Waals surface area contributed by atoms with Gasteiger partial charge in [-0.15, -0.1) is 0 Å². The van der Waals surface area contributed by atoms with Crippen molar-refractivity contribution in [1.29, 1.82) is 0 Å². The second-order valence-corrected chi connectivity index (χ2v) is 7.74. The summed E-state index contributed by atoms with van der Waals surface area (Å²) < 4.78 is 67.1. The molecule has 0 aliphatic heterocycles. The molecule has 2 heterocycles. The van der Waals surface area contributed by atoms with Gasteiger partial charge in [-0.2, -0.15) is 32.1 Å². The van der Waals surface area contributed by atoms with E-state index in [4.69, 9.17) is 11.6 Å². The predicted molar refractivity (Wildman–Crippen MR) is 103 cm³/mol. The van der Waals surface area contributed by atoms with Crippen LogP contribution in [0.25, 0.3) is 16.9 Å². The molecule has 2 N–H and O–H groups in total. The van der Waals surface area contributed by atoms with Crippen molar-refractivity contribution < 1.29 is 31.9 Å². The maximum Gasteiger partial charge on any atom is 0.459 e. The molecule has 0 radical (unpaired) electrons. The molecule has 170 valence electrons. The zero-order chi connectivity index (χ0) is 23.4. The second-order valence-electron chi connectivity index (χ2n) is 7.33. The average Bonchev–Trinajstić information content (AvgIpc) is 3.28. The van der Waals surface area contributed by atoms with Crippen molar-refractivity contribution in [2.24, 2.45) is 7.05 Å². The van der Waals surface area contributed by atoms with Gasteiger partial charge < -0.3 is 10.4 Å². The Balaban J connectivity index is 1.69. The maximum atomic E-state index is 13.7. The van der Waals surface area contributed by atoms with Crippen molar-refractivity contribution in [1.82, 2.24) is 24.9 Å². The number of hydrogen-bond acceptors (Lipinski definition) is 4. The Bertz CT molecular complexity index is 1200. The van der Waals surface area contributed by atoms with Gasteiger partial charge in [0.2, 0.25) is 0 Å². The number of benzene rings is 1. The van der Waals surface area contributed by atoms with Crippen molar-refractivity contribution in [2.75, 3.05) is 0 Å². The number of alkyl halides is 5. The molecule has 0 unspecified atom stereocenters. The van der Waals surface area contributed by atoms with Crippen molar-refractivity contribution >= 4 is 17.5 Å². The number of rotatable bonds is 5. The van der Waals surface area contributed by atoms with Gasteiger partial charge >= 0.3 is 12.1 Å². The number of carbonyl (C=O) groups excluding carboxylic acids is 1. The molecule has 1 saturated carbocycles. The van der Waals surface area contributed by atoms with Crippen molar-refractivity contribution in [3.8, 4) is 22.7 Å². The van der Waals surface area contributed by atoms with Crippen LogP contribution in [0, 0.1) is 0 Å². The third-order valence-electron chi connectivity index (χ3n) is 4.90. The summed E-state index contributed by atoms with van der Waals surface area (Å²) in [6.07, 6.45) is -1.58. The summed E-state index contributed by atoms with van der Waals surface area (Å²) in [6, 6.07) is 4.71. The van der Waals surface area contributed by atoms with Crippen LogP contribution in [0.5, 0.6) is 5.75 Å². The van der Waals surface area contributed by atoms with E-state index in [9.17, 15) is 31.9 Å². The number of aryl methyl sites for hydroxylation is 1. The zero-order valence-corrected chi connectivity index (χ0v) is 17.0. The minimum absolute atomic E-state index is 0.113. The Hall–Kier alpha value is -3.15.